The Bertz CT molecular complexity index is 2950. The lowest BCUT2D eigenvalue weighted by Gasteiger charge is -2.40. The molecule has 10 rings (SSSR count). The average Bonchev–Trinajstić information content (AvgIpc) is 3.86. The van der Waals surface area contributed by atoms with Crippen molar-refractivity contribution in [1.29, 1.82) is 0 Å². The second kappa shape index (κ2) is 20.1. The number of methoxy groups -OCH3 is 1. The quantitative estimate of drug-likeness (QED) is 0.112. The minimum Gasteiger partial charge on any atom is -0.494 e. The molecule has 3 saturated heterocycles. The summed E-state index contributed by atoms with van der Waals surface area (Å²) in [5, 5.41) is 11.1. The zero-order chi connectivity index (χ0) is 50.4. The normalized spacial score (nSPS) is 23.1. The SMILES string of the molecule is COc1ccc(C(N)=O)c(-c2c(Cl)c(F)cc3c2[C@H](C)[C@@](/C=C\NC2CCC(C(=O)N4CCN(CC5CCN(c6ccc7c(N8CCC(=O)NC8=O)nn(C)c7c6)CC5)CC4)CC2)(c2ccccc2)O3)c1F. The molecule has 378 valence electrons. The predicted octanol–water partition coefficient (Wildman–Crippen LogP) is 7.84. The van der Waals surface area contributed by atoms with Crippen LogP contribution < -0.4 is 35.6 Å². The summed E-state index contributed by atoms with van der Waals surface area (Å²) in [6, 6.07) is 19.3. The van der Waals surface area contributed by atoms with Crippen LogP contribution >= 0.6 is 11.6 Å². The van der Waals surface area contributed by atoms with E-state index in [9.17, 15) is 19.2 Å². The smallest absolute Gasteiger partial charge is 0.329 e. The zero-order valence-electron chi connectivity index (χ0n) is 40.8. The van der Waals surface area contributed by atoms with E-state index in [1.54, 1.807) is 4.68 Å². The van der Waals surface area contributed by atoms with Gasteiger partial charge in [0, 0.05) is 118 Å². The molecule has 2 atom stereocenters. The van der Waals surface area contributed by atoms with E-state index in [2.05, 4.69) is 42.6 Å². The number of aryl methyl sites for hydroxylation is 1. The molecule has 1 saturated carbocycles. The molecule has 4 aliphatic heterocycles. The molecule has 0 radical (unpaired) electrons. The fourth-order valence-corrected chi connectivity index (χ4v) is 11.9. The number of amides is 5. The Morgan fingerprint density at radius 3 is 2.38 bits per heavy atom. The third-order valence-corrected chi connectivity index (χ3v) is 16.1. The standard InChI is InChI=1S/C54H60ClF2N9O6/c1-32-45-43(30-40(56)48(55)47(45)46-39(50(58)68)15-16-42(71-3)49(46)57)72-54(32,35-7-5-4-6-8-35)20-21-59-36-11-9-34(10-12-36)52(69)65-27-25-63(26-28-65)31-33-17-22-64(23-18-33)37-13-14-38-41(29-37)62(2)61-51(38)66-24-19-44(67)60-53(66)70/h4-8,13-16,20-21,29-30,32-34,36,59H,9-12,17-19,22-28,31H2,1-3H3,(H2,58,68)(H,60,67,70)/b21-20-/t32-,34?,36?,54-/m0/s1. The van der Waals surface area contributed by atoms with Crippen molar-refractivity contribution in [3.05, 3.63) is 112 Å². The van der Waals surface area contributed by atoms with Crippen LogP contribution in [0.5, 0.6) is 11.5 Å². The molecular weight excluding hydrogens is 944 g/mol. The summed E-state index contributed by atoms with van der Waals surface area (Å²) in [6.45, 7) is 8.32. The first-order valence-electron chi connectivity index (χ1n) is 25.0. The van der Waals surface area contributed by atoms with Crippen molar-refractivity contribution in [2.24, 2.45) is 24.6 Å². The lowest BCUT2D eigenvalue weighted by Crippen LogP contribution is -2.52. The molecule has 4 fully saturated rings. The van der Waals surface area contributed by atoms with E-state index >= 15 is 8.78 Å². The second-order valence-electron chi connectivity index (χ2n) is 19.8. The Kier molecular flexibility index (Phi) is 13.6. The van der Waals surface area contributed by atoms with E-state index in [1.807, 2.05) is 62.6 Å². The van der Waals surface area contributed by atoms with Crippen LogP contribution in [0.3, 0.4) is 0 Å². The van der Waals surface area contributed by atoms with Crippen molar-refractivity contribution in [2.75, 3.05) is 69.3 Å². The van der Waals surface area contributed by atoms with E-state index in [-0.39, 0.29) is 63.4 Å². The van der Waals surface area contributed by atoms with Crippen LogP contribution in [0.1, 0.15) is 79.3 Å². The van der Waals surface area contributed by atoms with Gasteiger partial charge in [-0.05, 0) is 92.6 Å². The zero-order valence-corrected chi connectivity index (χ0v) is 41.5. The van der Waals surface area contributed by atoms with Crippen LogP contribution in [0, 0.1) is 23.5 Å². The van der Waals surface area contributed by atoms with Gasteiger partial charge in [-0.1, -0.05) is 48.9 Å². The number of hydrogen-bond donors (Lipinski definition) is 3. The fourth-order valence-electron chi connectivity index (χ4n) is 11.7. The fraction of sp³-hybridized carbons (Fsp3) is 0.426. The number of nitrogens with zero attached hydrogens (tertiary/aromatic N) is 6. The van der Waals surface area contributed by atoms with E-state index in [4.69, 9.17) is 26.8 Å². The minimum atomic E-state index is -1.18. The van der Waals surface area contributed by atoms with Crippen LogP contribution in [-0.2, 0) is 22.2 Å². The number of carbonyl (C=O) groups excluding carboxylic acids is 4. The number of piperazine rings is 1. The first-order chi connectivity index (χ1) is 34.7. The summed E-state index contributed by atoms with van der Waals surface area (Å²) in [5.41, 5.74) is 7.36. The summed E-state index contributed by atoms with van der Waals surface area (Å²) >= 11 is 6.68. The number of fused-ring (bicyclic) bond motifs is 2. The minimum absolute atomic E-state index is 0.0215. The van der Waals surface area contributed by atoms with Crippen molar-refractivity contribution in [3.8, 4) is 22.6 Å². The van der Waals surface area contributed by atoms with Gasteiger partial charge in [0.05, 0.1) is 23.2 Å². The molecule has 1 aromatic heterocycles. The molecule has 0 unspecified atom stereocenters. The maximum atomic E-state index is 16.2. The van der Waals surface area contributed by atoms with Gasteiger partial charge in [0.1, 0.15) is 11.6 Å². The average molecular weight is 1000 g/mol. The van der Waals surface area contributed by atoms with Gasteiger partial charge in [0.2, 0.25) is 17.7 Å². The topological polar surface area (TPSA) is 168 Å². The number of anilines is 2. The number of nitrogens with one attached hydrogen (secondary N) is 2. The molecule has 1 aliphatic carbocycles. The number of primary amides is 1. The molecule has 4 N–H and O–H groups in total. The number of imide groups is 1. The summed E-state index contributed by atoms with van der Waals surface area (Å²) in [7, 11) is 3.17. The highest BCUT2D eigenvalue weighted by Gasteiger charge is 2.49. The molecule has 5 aliphatic rings. The molecule has 5 heterocycles. The highest BCUT2D eigenvalue weighted by atomic mass is 35.5. The lowest BCUT2D eigenvalue weighted by molar-refractivity contribution is -0.138. The number of carbonyl (C=O) groups is 4. The second-order valence-corrected chi connectivity index (χ2v) is 20.2. The predicted molar refractivity (Wildman–Crippen MR) is 271 cm³/mol. The number of hydrogen-bond acceptors (Lipinski definition) is 10. The molecule has 0 spiro atoms. The monoisotopic (exact) mass is 1000 g/mol. The highest BCUT2D eigenvalue weighted by molar-refractivity contribution is 6.34. The van der Waals surface area contributed by atoms with Gasteiger partial charge < -0.3 is 30.3 Å². The van der Waals surface area contributed by atoms with Gasteiger partial charge in [-0.2, -0.15) is 5.10 Å². The molecule has 18 heteroatoms. The van der Waals surface area contributed by atoms with Crippen molar-refractivity contribution < 1.29 is 37.4 Å². The summed E-state index contributed by atoms with van der Waals surface area (Å²) in [6.07, 6.45) is 9.33. The lowest BCUT2D eigenvalue weighted by atomic mass is 9.77. The van der Waals surface area contributed by atoms with E-state index in [0.29, 0.717) is 23.8 Å². The molecule has 4 aromatic carbocycles. The Morgan fingerprint density at radius 2 is 1.68 bits per heavy atom. The molecule has 15 nitrogen and oxygen atoms in total. The number of ether oxygens (including phenoxy) is 2. The van der Waals surface area contributed by atoms with Gasteiger partial charge >= 0.3 is 6.03 Å². The van der Waals surface area contributed by atoms with E-state index in [1.165, 1.54) is 30.2 Å². The van der Waals surface area contributed by atoms with Crippen LogP contribution in [0.25, 0.3) is 22.0 Å². The summed E-state index contributed by atoms with van der Waals surface area (Å²) in [5.74, 6) is -2.12. The molecule has 5 aromatic rings. The van der Waals surface area contributed by atoms with Crippen molar-refractivity contribution in [2.45, 2.75) is 69.4 Å². The van der Waals surface area contributed by atoms with Crippen molar-refractivity contribution in [3.63, 3.8) is 0 Å². The van der Waals surface area contributed by atoms with Crippen molar-refractivity contribution >= 4 is 57.8 Å². The molecular formula is C54H60ClF2N9O6. The van der Waals surface area contributed by atoms with Crippen LogP contribution in [0.15, 0.2) is 79.0 Å². The van der Waals surface area contributed by atoms with Gasteiger partial charge in [-0.25, -0.2) is 13.6 Å². The molecule has 72 heavy (non-hydrogen) atoms. The number of piperidine rings is 1. The van der Waals surface area contributed by atoms with Crippen LogP contribution in [0.4, 0.5) is 25.1 Å². The Hall–Kier alpha value is -6.72. The van der Waals surface area contributed by atoms with Gasteiger partial charge in [0.15, 0.2) is 23.0 Å². The maximum Gasteiger partial charge on any atom is 0.329 e. The van der Waals surface area contributed by atoms with E-state index < -0.39 is 35.1 Å². The maximum absolute atomic E-state index is 16.2. The van der Waals surface area contributed by atoms with Gasteiger partial charge in [-0.15, -0.1) is 0 Å². The Morgan fingerprint density at radius 1 is 0.944 bits per heavy atom. The summed E-state index contributed by atoms with van der Waals surface area (Å²) in [4.78, 5) is 59.3. The Labute approximate surface area is 422 Å². The third kappa shape index (κ3) is 9.09. The van der Waals surface area contributed by atoms with Crippen LogP contribution in [0.2, 0.25) is 5.02 Å². The number of benzene rings is 4. The molecule has 5 amide bonds. The first-order valence-corrected chi connectivity index (χ1v) is 25.3. The molecule has 0 bridgehead atoms. The first kappa shape index (κ1) is 48.9. The number of rotatable bonds is 12. The van der Waals surface area contributed by atoms with Gasteiger partial charge in [-0.3, -0.25) is 34.2 Å². The Balaban J connectivity index is 0.723. The van der Waals surface area contributed by atoms with Crippen molar-refractivity contribution in [1.82, 2.24) is 30.2 Å². The third-order valence-electron chi connectivity index (χ3n) is 15.7. The summed E-state index contributed by atoms with van der Waals surface area (Å²) < 4.78 is 45.7. The highest BCUT2D eigenvalue weighted by Crippen LogP contribution is 2.57. The van der Waals surface area contributed by atoms with Crippen LogP contribution in [-0.4, -0.2) is 109 Å². The number of urea groups is 1. The number of nitrogens with two attached hydrogens (primary N) is 1. The largest absolute Gasteiger partial charge is 0.494 e. The number of halogens is 3. The van der Waals surface area contributed by atoms with Gasteiger partial charge in [0.25, 0.3) is 0 Å². The van der Waals surface area contributed by atoms with E-state index in [0.717, 1.165) is 106 Å². The number of aromatic nitrogens is 2.